The van der Waals surface area contributed by atoms with Crippen molar-refractivity contribution in [2.75, 3.05) is 0 Å². The first-order valence-electron chi connectivity index (χ1n) is 7.38. The third-order valence-corrected chi connectivity index (χ3v) is 4.85. The van der Waals surface area contributed by atoms with Crippen LogP contribution in [0.4, 0.5) is 4.39 Å². The summed E-state index contributed by atoms with van der Waals surface area (Å²) in [6.07, 6.45) is 1.47. The Kier molecular flexibility index (Phi) is 5.74. The minimum Gasteiger partial charge on any atom is -0.467 e. The highest BCUT2D eigenvalue weighted by Gasteiger charge is 2.29. The van der Waals surface area contributed by atoms with Gasteiger partial charge in [-0.05, 0) is 30.2 Å². The van der Waals surface area contributed by atoms with Gasteiger partial charge in [-0.2, -0.15) is 4.72 Å². The predicted octanol–water partition coefficient (Wildman–Crippen LogP) is 2.04. The Bertz CT molecular complexity index is 788. The molecule has 0 aliphatic heterocycles. The summed E-state index contributed by atoms with van der Waals surface area (Å²) in [5.41, 5.74) is 0. The summed E-state index contributed by atoms with van der Waals surface area (Å²) < 4.78 is 45.8. The smallest absolute Gasteiger partial charge is 0.244 e. The van der Waals surface area contributed by atoms with Crippen LogP contribution < -0.4 is 10.0 Å². The largest absolute Gasteiger partial charge is 0.467 e. The zero-order chi connectivity index (χ0) is 17.7. The van der Waals surface area contributed by atoms with Gasteiger partial charge in [0.15, 0.2) is 0 Å². The first-order chi connectivity index (χ1) is 11.3. The first-order valence-corrected chi connectivity index (χ1v) is 8.86. The van der Waals surface area contributed by atoms with E-state index >= 15 is 0 Å². The van der Waals surface area contributed by atoms with Gasteiger partial charge in [-0.3, -0.25) is 4.79 Å². The second-order valence-electron chi connectivity index (χ2n) is 5.57. The second kappa shape index (κ2) is 7.59. The number of sulfonamides is 1. The minimum absolute atomic E-state index is 0.135. The molecule has 0 saturated carbocycles. The molecule has 8 heteroatoms. The molecule has 1 heterocycles. The molecule has 0 unspecified atom stereocenters. The van der Waals surface area contributed by atoms with Gasteiger partial charge >= 0.3 is 0 Å². The van der Waals surface area contributed by atoms with Crippen molar-refractivity contribution in [3.63, 3.8) is 0 Å². The summed E-state index contributed by atoms with van der Waals surface area (Å²) in [7, 11) is -4.16. The summed E-state index contributed by atoms with van der Waals surface area (Å²) in [5, 5.41) is 2.60. The Labute approximate surface area is 140 Å². The van der Waals surface area contributed by atoms with Crippen molar-refractivity contribution < 1.29 is 22.0 Å². The lowest BCUT2D eigenvalue weighted by atomic mass is 10.1. The third kappa shape index (κ3) is 4.42. The number of carbonyl (C=O) groups is 1. The molecule has 130 valence electrons. The van der Waals surface area contributed by atoms with Gasteiger partial charge in [-0.1, -0.05) is 26.0 Å². The van der Waals surface area contributed by atoms with Crippen LogP contribution in [0.3, 0.4) is 0 Å². The number of halogens is 1. The topological polar surface area (TPSA) is 88.4 Å². The van der Waals surface area contributed by atoms with E-state index in [0.717, 1.165) is 12.1 Å². The Hall–Kier alpha value is -2.19. The van der Waals surface area contributed by atoms with E-state index in [9.17, 15) is 17.6 Å². The molecule has 1 amide bonds. The minimum atomic E-state index is -4.16. The maximum Gasteiger partial charge on any atom is 0.244 e. The van der Waals surface area contributed by atoms with E-state index in [1.54, 1.807) is 26.0 Å². The molecule has 24 heavy (non-hydrogen) atoms. The van der Waals surface area contributed by atoms with E-state index in [4.69, 9.17) is 4.42 Å². The van der Waals surface area contributed by atoms with Crippen LogP contribution in [-0.2, 0) is 21.4 Å². The van der Waals surface area contributed by atoms with E-state index in [0.29, 0.717) is 5.76 Å². The molecule has 1 atom stereocenters. The van der Waals surface area contributed by atoms with Crippen molar-refractivity contribution >= 4 is 15.9 Å². The quantitative estimate of drug-likeness (QED) is 0.796. The molecule has 0 radical (unpaired) electrons. The average molecular weight is 354 g/mol. The molecule has 0 spiro atoms. The normalized spacial score (nSPS) is 13.0. The second-order valence-corrected chi connectivity index (χ2v) is 7.25. The summed E-state index contributed by atoms with van der Waals surface area (Å²) >= 11 is 0. The fraction of sp³-hybridized carbons (Fsp3) is 0.312. The molecule has 0 bridgehead atoms. The molecular formula is C16H19FN2O4S. The molecule has 2 rings (SSSR count). The zero-order valence-electron chi connectivity index (χ0n) is 13.3. The fourth-order valence-electron chi connectivity index (χ4n) is 2.08. The number of rotatable bonds is 7. The molecule has 1 aromatic carbocycles. The first kappa shape index (κ1) is 18.2. The summed E-state index contributed by atoms with van der Waals surface area (Å²) in [4.78, 5) is 11.8. The number of furan rings is 1. The van der Waals surface area contributed by atoms with Crippen LogP contribution in [0.2, 0.25) is 0 Å². The maximum absolute atomic E-state index is 13.7. The lowest BCUT2D eigenvalue weighted by Gasteiger charge is -2.21. The third-order valence-electron chi connectivity index (χ3n) is 3.37. The number of nitrogens with one attached hydrogen (secondary N) is 2. The monoisotopic (exact) mass is 354 g/mol. The van der Waals surface area contributed by atoms with Crippen molar-refractivity contribution in [2.45, 2.75) is 31.3 Å². The lowest BCUT2D eigenvalue weighted by molar-refractivity contribution is -0.123. The van der Waals surface area contributed by atoms with Crippen molar-refractivity contribution in [3.8, 4) is 0 Å². The molecular weight excluding hydrogens is 335 g/mol. The Morgan fingerprint density at radius 2 is 1.92 bits per heavy atom. The van der Waals surface area contributed by atoms with Crippen LogP contribution in [0.25, 0.3) is 0 Å². The van der Waals surface area contributed by atoms with E-state index in [1.807, 2.05) is 0 Å². The molecule has 2 aromatic rings. The molecule has 0 saturated heterocycles. The van der Waals surface area contributed by atoms with Crippen LogP contribution in [0.5, 0.6) is 0 Å². The van der Waals surface area contributed by atoms with Gasteiger partial charge in [0.25, 0.3) is 0 Å². The lowest BCUT2D eigenvalue weighted by Crippen LogP contribution is -2.49. The van der Waals surface area contributed by atoms with E-state index in [-0.39, 0.29) is 12.5 Å². The van der Waals surface area contributed by atoms with Crippen LogP contribution in [0.1, 0.15) is 19.6 Å². The zero-order valence-corrected chi connectivity index (χ0v) is 14.1. The van der Waals surface area contributed by atoms with Crippen LogP contribution in [-0.4, -0.2) is 20.4 Å². The Morgan fingerprint density at radius 1 is 1.21 bits per heavy atom. The summed E-state index contributed by atoms with van der Waals surface area (Å²) in [6.45, 7) is 3.53. The maximum atomic E-state index is 13.7. The highest BCUT2D eigenvalue weighted by Crippen LogP contribution is 2.15. The molecule has 0 aliphatic carbocycles. The standard InChI is InChI=1S/C16H19FN2O4S/c1-11(2)15(16(20)18-10-12-6-5-9-23-12)19-24(21,22)14-8-4-3-7-13(14)17/h3-9,11,15,19H,10H2,1-2H3,(H,18,20)/t15-/m0/s1. The van der Waals surface area contributed by atoms with Crippen molar-refractivity contribution in [2.24, 2.45) is 5.92 Å². The van der Waals surface area contributed by atoms with Gasteiger partial charge in [0, 0.05) is 0 Å². The number of carbonyl (C=O) groups excluding carboxylic acids is 1. The van der Waals surface area contributed by atoms with Crippen molar-refractivity contribution in [1.29, 1.82) is 0 Å². The summed E-state index contributed by atoms with van der Waals surface area (Å²) in [6, 6.07) is 7.34. The van der Waals surface area contributed by atoms with Gasteiger partial charge in [0.1, 0.15) is 22.5 Å². The van der Waals surface area contributed by atoms with Gasteiger partial charge in [0.2, 0.25) is 15.9 Å². The van der Waals surface area contributed by atoms with E-state index < -0.39 is 32.7 Å². The van der Waals surface area contributed by atoms with Crippen molar-refractivity contribution in [1.82, 2.24) is 10.0 Å². The highest BCUT2D eigenvalue weighted by molar-refractivity contribution is 7.89. The van der Waals surface area contributed by atoms with Gasteiger partial charge in [0.05, 0.1) is 12.8 Å². The number of amides is 1. The van der Waals surface area contributed by atoms with E-state index in [1.165, 1.54) is 18.4 Å². The predicted molar refractivity (Wildman–Crippen MR) is 85.9 cm³/mol. The SMILES string of the molecule is CC(C)[C@H](NS(=O)(=O)c1ccccc1F)C(=O)NCc1ccco1. The Morgan fingerprint density at radius 3 is 2.50 bits per heavy atom. The van der Waals surface area contributed by atoms with Gasteiger partial charge in [-0.15, -0.1) is 0 Å². The Balaban J connectivity index is 2.13. The van der Waals surface area contributed by atoms with Crippen LogP contribution in [0, 0.1) is 11.7 Å². The summed E-state index contributed by atoms with van der Waals surface area (Å²) in [5.74, 6) is -1.17. The molecule has 6 nitrogen and oxygen atoms in total. The van der Waals surface area contributed by atoms with E-state index in [2.05, 4.69) is 10.0 Å². The van der Waals surface area contributed by atoms with Gasteiger partial charge < -0.3 is 9.73 Å². The molecule has 2 N–H and O–H groups in total. The molecule has 0 aliphatic rings. The average Bonchev–Trinajstić information content (AvgIpc) is 3.04. The number of benzene rings is 1. The fourth-order valence-corrected chi connectivity index (χ4v) is 3.51. The van der Waals surface area contributed by atoms with Crippen LogP contribution >= 0.6 is 0 Å². The van der Waals surface area contributed by atoms with Gasteiger partial charge in [-0.25, -0.2) is 12.8 Å². The highest BCUT2D eigenvalue weighted by atomic mass is 32.2. The molecule has 1 aromatic heterocycles. The molecule has 0 fully saturated rings. The number of hydrogen-bond donors (Lipinski definition) is 2. The van der Waals surface area contributed by atoms with Crippen LogP contribution in [0.15, 0.2) is 52.0 Å². The van der Waals surface area contributed by atoms with Crippen molar-refractivity contribution in [3.05, 3.63) is 54.2 Å². The number of hydrogen-bond acceptors (Lipinski definition) is 4.